The zero-order valence-corrected chi connectivity index (χ0v) is 22.5. The van der Waals surface area contributed by atoms with Crippen LogP contribution in [0, 0.1) is 0 Å². The standard InChI is InChI=1S/C26H24N2O9S2/c1-38-9-7-19(25(33)34)27-21(29)15-5-3-13(11-17(15)23(27)31)37-14-4-6-16-18(12-14)24(32)28(22(16)30)20(26(35)36)8-10-39-2/h3-6,11-12,19-20H,7-10H2,1-2H3,(H,33,34)(H,35,36)/t19-,20-/m0/s1. The average molecular weight is 573 g/mol. The molecule has 0 bridgehead atoms. The van der Waals surface area contributed by atoms with Crippen LogP contribution in [0.25, 0.3) is 0 Å². The van der Waals surface area contributed by atoms with E-state index >= 15 is 0 Å². The summed E-state index contributed by atoms with van der Waals surface area (Å²) in [6, 6.07) is 5.63. The number of aliphatic carboxylic acids is 2. The zero-order valence-electron chi connectivity index (χ0n) is 20.9. The Kier molecular flexibility index (Phi) is 8.31. The normalized spacial score (nSPS) is 15.8. The van der Waals surface area contributed by atoms with E-state index in [0.717, 1.165) is 9.80 Å². The number of carboxylic acid groups (broad SMARTS) is 2. The third kappa shape index (κ3) is 5.23. The molecule has 11 nitrogen and oxygen atoms in total. The molecule has 0 aliphatic carbocycles. The van der Waals surface area contributed by atoms with E-state index in [2.05, 4.69) is 0 Å². The van der Waals surface area contributed by atoms with Crippen LogP contribution in [-0.4, -0.2) is 91.7 Å². The monoisotopic (exact) mass is 572 g/mol. The molecule has 2 aliphatic rings. The van der Waals surface area contributed by atoms with Crippen molar-refractivity contribution in [3.05, 3.63) is 58.7 Å². The Balaban J connectivity index is 1.57. The lowest BCUT2D eigenvalue weighted by atomic mass is 10.1. The third-order valence-corrected chi connectivity index (χ3v) is 7.69. The summed E-state index contributed by atoms with van der Waals surface area (Å²) in [5, 5.41) is 19.2. The Hall–Kier alpha value is -3.84. The van der Waals surface area contributed by atoms with Gasteiger partial charge in [-0.15, -0.1) is 0 Å². The summed E-state index contributed by atoms with van der Waals surface area (Å²) < 4.78 is 5.81. The summed E-state index contributed by atoms with van der Waals surface area (Å²) in [7, 11) is 0. The first-order chi connectivity index (χ1) is 18.6. The summed E-state index contributed by atoms with van der Waals surface area (Å²) in [5.41, 5.74) is 0.0883. The van der Waals surface area contributed by atoms with Gasteiger partial charge in [-0.05, 0) is 73.3 Å². The van der Waals surface area contributed by atoms with Crippen molar-refractivity contribution >= 4 is 59.1 Å². The highest BCUT2D eigenvalue weighted by Crippen LogP contribution is 2.34. The highest BCUT2D eigenvalue weighted by molar-refractivity contribution is 7.98. The lowest BCUT2D eigenvalue weighted by molar-refractivity contribution is -0.142. The molecule has 39 heavy (non-hydrogen) atoms. The molecule has 2 aromatic rings. The number of imide groups is 2. The van der Waals surface area contributed by atoms with Gasteiger partial charge in [0.25, 0.3) is 23.6 Å². The molecule has 2 atom stereocenters. The van der Waals surface area contributed by atoms with Crippen molar-refractivity contribution < 1.29 is 43.7 Å². The summed E-state index contributed by atoms with van der Waals surface area (Å²) in [6.45, 7) is 0. The number of hydrogen-bond acceptors (Lipinski definition) is 9. The van der Waals surface area contributed by atoms with Crippen LogP contribution in [-0.2, 0) is 9.59 Å². The number of carbonyl (C=O) groups is 6. The number of carboxylic acids is 2. The van der Waals surface area contributed by atoms with Gasteiger partial charge in [0.1, 0.15) is 23.6 Å². The molecule has 0 fully saturated rings. The molecule has 4 rings (SSSR count). The second-order valence-electron chi connectivity index (χ2n) is 8.75. The lowest BCUT2D eigenvalue weighted by Crippen LogP contribution is -2.45. The van der Waals surface area contributed by atoms with Crippen molar-refractivity contribution in [3.8, 4) is 11.5 Å². The quantitative estimate of drug-likeness (QED) is 0.360. The minimum Gasteiger partial charge on any atom is -0.480 e. The van der Waals surface area contributed by atoms with Gasteiger partial charge in [-0.25, -0.2) is 9.59 Å². The Labute approximate surface area is 231 Å². The summed E-state index contributed by atoms with van der Waals surface area (Å²) >= 11 is 2.80. The first-order valence-electron chi connectivity index (χ1n) is 11.8. The van der Waals surface area contributed by atoms with Crippen LogP contribution in [0.5, 0.6) is 11.5 Å². The average Bonchev–Trinajstić information content (AvgIpc) is 3.29. The number of ether oxygens (including phenoxy) is 1. The largest absolute Gasteiger partial charge is 0.480 e. The molecular formula is C26H24N2O9S2. The van der Waals surface area contributed by atoms with E-state index in [0.29, 0.717) is 11.5 Å². The molecule has 2 aliphatic heterocycles. The van der Waals surface area contributed by atoms with Crippen molar-refractivity contribution in [2.75, 3.05) is 24.0 Å². The van der Waals surface area contributed by atoms with Crippen LogP contribution in [0.15, 0.2) is 36.4 Å². The van der Waals surface area contributed by atoms with Gasteiger partial charge in [0.05, 0.1) is 22.3 Å². The predicted molar refractivity (Wildman–Crippen MR) is 143 cm³/mol. The number of benzene rings is 2. The van der Waals surface area contributed by atoms with Gasteiger partial charge in [-0.1, -0.05) is 0 Å². The van der Waals surface area contributed by atoms with Crippen LogP contribution < -0.4 is 4.74 Å². The van der Waals surface area contributed by atoms with Gasteiger partial charge in [0, 0.05) is 0 Å². The lowest BCUT2D eigenvalue weighted by Gasteiger charge is -2.22. The van der Waals surface area contributed by atoms with Gasteiger partial charge in [0.15, 0.2) is 0 Å². The highest BCUT2D eigenvalue weighted by Gasteiger charge is 2.44. The van der Waals surface area contributed by atoms with E-state index in [4.69, 9.17) is 4.74 Å². The zero-order chi connectivity index (χ0) is 28.4. The minimum atomic E-state index is -1.30. The molecule has 2 aromatic carbocycles. The van der Waals surface area contributed by atoms with Crippen molar-refractivity contribution in [2.24, 2.45) is 0 Å². The number of nitrogens with zero attached hydrogens (tertiary/aromatic N) is 2. The number of thioether (sulfide) groups is 2. The van der Waals surface area contributed by atoms with Crippen molar-refractivity contribution in [1.82, 2.24) is 9.80 Å². The first kappa shape index (κ1) is 28.2. The van der Waals surface area contributed by atoms with Gasteiger partial charge in [-0.2, -0.15) is 23.5 Å². The molecule has 4 amide bonds. The topological polar surface area (TPSA) is 159 Å². The summed E-state index contributed by atoms with van der Waals surface area (Å²) in [5.74, 6) is -4.28. The van der Waals surface area contributed by atoms with Gasteiger partial charge >= 0.3 is 11.9 Å². The molecular weight excluding hydrogens is 548 g/mol. The van der Waals surface area contributed by atoms with Gasteiger partial charge < -0.3 is 14.9 Å². The smallest absolute Gasteiger partial charge is 0.326 e. The fourth-order valence-corrected chi connectivity index (χ4v) is 5.41. The molecule has 2 N–H and O–H groups in total. The SMILES string of the molecule is CSCC[C@@H](C(=O)O)N1C(=O)c2ccc(Oc3ccc4c(c3)C(=O)N([C@@H](CCSC)C(=O)O)C4=O)cc2C1=O. The van der Waals surface area contributed by atoms with E-state index in [1.807, 2.05) is 0 Å². The Morgan fingerprint density at radius 3 is 1.38 bits per heavy atom. The van der Waals surface area contributed by atoms with Gasteiger partial charge in [-0.3, -0.25) is 29.0 Å². The second kappa shape index (κ2) is 11.5. The second-order valence-corrected chi connectivity index (χ2v) is 10.7. The van der Waals surface area contributed by atoms with E-state index in [9.17, 15) is 39.0 Å². The number of fused-ring (bicyclic) bond motifs is 2. The molecule has 0 radical (unpaired) electrons. The maximum absolute atomic E-state index is 13.0. The fourth-order valence-electron chi connectivity index (χ4n) is 4.49. The first-order valence-corrected chi connectivity index (χ1v) is 14.5. The van der Waals surface area contributed by atoms with Crippen molar-refractivity contribution in [3.63, 3.8) is 0 Å². The van der Waals surface area contributed by atoms with Crippen LogP contribution in [0.4, 0.5) is 0 Å². The molecule has 0 saturated carbocycles. The van der Waals surface area contributed by atoms with E-state index in [1.165, 1.54) is 59.9 Å². The summed E-state index contributed by atoms with van der Waals surface area (Å²) in [6.07, 6.45) is 3.79. The van der Waals surface area contributed by atoms with E-state index < -0.39 is 47.7 Å². The molecule has 0 unspecified atom stereocenters. The van der Waals surface area contributed by atoms with Crippen molar-refractivity contribution in [2.45, 2.75) is 24.9 Å². The van der Waals surface area contributed by atoms with Gasteiger partial charge in [0.2, 0.25) is 0 Å². The third-order valence-electron chi connectivity index (χ3n) is 6.40. The number of amides is 4. The van der Waals surface area contributed by atoms with E-state index in [-0.39, 0.29) is 46.6 Å². The Bertz CT molecular complexity index is 1290. The molecule has 0 aromatic heterocycles. The Morgan fingerprint density at radius 1 is 0.692 bits per heavy atom. The minimum absolute atomic E-state index is 0.00964. The molecule has 13 heteroatoms. The maximum Gasteiger partial charge on any atom is 0.326 e. The summed E-state index contributed by atoms with van der Waals surface area (Å²) in [4.78, 5) is 76.8. The molecule has 2 heterocycles. The number of rotatable bonds is 12. The molecule has 204 valence electrons. The fraction of sp³-hybridized carbons (Fsp3) is 0.308. The molecule has 0 saturated heterocycles. The van der Waals surface area contributed by atoms with E-state index in [1.54, 1.807) is 12.5 Å². The highest BCUT2D eigenvalue weighted by atomic mass is 32.2. The number of hydrogen-bond donors (Lipinski definition) is 2. The van der Waals surface area contributed by atoms with Crippen LogP contribution in [0.1, 0.15) is 54.3 Å². The van der Waals surface area contributed by atoms with Crippen LogP contribution in [0.3, 0.4) is 0 Å². The van der Waals surface area contributed by atoms with Crippen molar-refractivity contribution in [1.29, 1.82) is 0 Å². The maximum atomic E-state index is 13.0. The predicted octanol–water partition coefficient (Wildman–Crippen LogP) is 3.08. The Morgan fingerprint density at radius 2 is 1.05 bits per heavy atom. The number of carbonyl (C=O) groups excluding carboxylic acids is 4. The van der Waals surface area contributed by atoms with Crippen LogP contribution >= 0.6 is 23.5 Å². The van der Waals surface area contributed by atoms with Crippen LogP contribution in [0.2, 0.25) is 0 Å². The molecule has 0 spiro atoms.